The zero-order valence-electron chi connectivity index (χ0n) is 43.7. The summed E-state index contributed by atoms with van der Waals surface area (Å²) in [6.45, 7) is 0. The van der Waals surface area contributed by atoms with Gasteiger partial charge in [-0.05, 0) is 81.2 Å². The normalized spacial score (nSPS) is 12.5. The van der Waals surface area contributed by atoms with Crippen LogP contribution < -0.4 is 10.6 Å². The van der Waals surface area contributed by atoms with Crippen molar-refractivity contribution in [1.82, 2.24) is 41.2 Å². The first-order chi connectivity index (χ1) is 40.5. The van der Waals surface area contributed by atoms with E-state index in [2.05, 4.69) is 51.9 Å². The molecule has 0 fully saturated rings. The lowest BCUT2D eigenvalue weighted by Gasteiger charge is -2.17. The summed E-state index contributed by atoms with van der Waals surface area (Å²) >= 11 is 1.35. The molecule has 2 aromatic heterocycles. The lowest BCUT2D eigenvalue weighted by atomic mass is 10.1. The number of thioether (sulfide) groups is 1. The van der Waals surface area contributed by atoms with Crippen LogP contribution in [0.3, 0.4) is 0 Å². The van der Waals surface area contributed by atoms with Crippen LogP contribution in [-0.2, 0) is 48.7 Å². The highest BCUT2D eigenvalue weighted by Gasteiger charge is 2.38. The van der Waals surface area contributed by atoms with Crippen LogP contribution in [-0.4, -0.2) is 100 Å². The number of amides is 2. The highest BCUT2D eigenvalue weighted by atomic mass is 32.2. The predicted molar refractivity (Wildman–Crippen MR) is 311 cm³/mol. The second-order valence-corrected chi connectivity index (χ2v) is 24.6. The second-order valence-electron chi connectivity index (χ2n) is 17.3. The van der Waals surface area contributed by atoms with Crippen LogP contribution in [0.1, 0.15) is 43.3 Å². The number of carbonyl (C=O) groups excluding carboxylic acids is 2. The highest BCUT2D eigenvalue weighted by Crippen LogP contribution is 2.36. The summed E-state index contributed by atoms with van der Waals surface area (Å²) in [5.41, 5.74) is 1.76. The summed E-state index contributed by atoms with van der Waals surface area (Å²) in [7, 11) is -11.9. The smallest absolute Gasteiger partial charge is 0.326 e. The minimum atomic E-state index is -3.95. The van der Waals surface area contributed by atoms with Crippen molar-refractivity contribution >= 4 is 76.9 Å². The lowest BCUT2D eigenvalue weighted by Crippen LogP contribution is -2.28. The van der Waals surface area contributed by atoms with Crippen LogP contribution in [0, 0.1) is 0 Å². The van der Waals surface area contributed by atoms with E-state index in [1.54, 1.807) is 133 Å². The number of rotatable bonds is 18. The third kappa shape index (κ3) is 16.6. The number of aliphatic carboxylic acids is 2. The molecule has 8 aromatic carbocycles. The fraction of sp³-hybridized carbons (Fsp3) is 0.0690. The van der Waals surface area contributed by atoms with Gasteiger partial charge in [0.2, 0.25) is 11.8 Å². The first-order valence-electron chi connectivity index (χ1n) is 24.8. The van der Waals surface area contributed by atoms with Crippen molar-refractivity contribution in [2.75, 3.05) is 10.6 Å². The van der Waals surface area contributed by atoms with Crippen molar-refractivity contribution in [2.45, 2.75) is 40.6 Å². The number of nitrogens with zero attached hydrogens (tertiary/aromatic N) is 6. The number of sulfone groups is 3. The Kier molecular flexibility index (Phi) is 21.7. The molecule has 10 rings (SSSR count). The summed E-state index contributed by atoms with van der Waals surface area (Å²) in [6, 6.07) is 66.5. The Bertz CT molecular complexity index is 3870. The van der Waals surface area contributed by atoms with Gasteiger partial charge in [-0.1, -0.05) is 204 Å². The molecular weight excluding hydrogens is 1160 g/mol. The molecule has 4 unspecified atom stereocenters. The molecule has 0 aliphatic heterocycles. The van der Waals surface area contributed by atoms with Gasteiger partial charge in [0.25, 0.3) is 11.9 Å². The summed E-state index contributed by atoms with van der Waals surface area (Å²) < 4.78 is 76.7. The fourth-order valence-corrected chi connectivity index (χ4v) is 13.7. The van der Waals surface area contributed by atoms with E-state index in [4.69, 9.17) is 0 Å². The Morgan fingerprint density at radius 3 is 0.929 bits per heavy atom. The highest BCUT2D eigenvalue weighted by molar-refractivity contribution is 8.00. The summed E-state index contributed by atoms with van der Waals surface area (Å²) in [5.74, 6) is -3.90. The molecular formula is C58H50N10O12S4. The molecule has 0 bridgehead atoms. The van der Waals surface area contributed by atoms with Crippen LogP contribution in [0.4, 0.5) is 11.9 Å². The van der Waals surface area contributed by atoms with Crippen LogP contribution in [0.5, 0.6) is 0 Å². The minimum absolute atomic E-state index is 0.00579. The van der Waals surface area contributed by atoms with Crippen LogP contribution in [0.25, 0.3) is 0 Å². The van der Waals surface area contributed by atoms with E-state index in [0.29, 0.717) is 11.1 Å². The first-order valence-corrected chi connectivity index (χ1v) is 30.3. The molecule has 0 aliphatic carbocycles. The Labute approximate surface area is 486 Å². The van der Waals surface area contributed by atoms with Crippen LogP contribution in [0.2, 0.25) is 0 Å². The van der Waals surface area contributed by atoms with Crippen LogP contribution in [0.15, 0.2) is 262 Å². The van der Waals surface area contributed by atoms with Crippen molar-refractivity contribution in [3.8, 4) is 0 Å². The number of H-pyrrole nitrogens is 2. The van der Waals surface area contributed by atoms with Crippen molar-refractivity contribution in [2.24, 2.45) is 0 Å². The van der Waals surface area contributed by atoms with Crippen molar-refractivity contribution < 1.29 is 54.6 Å². The number of carboxylic acid groups (broad SMARTS) is 2. The second kappa shape index (κ2) is 29.6. The standard InChI is InChI=1S/2C15H13N5O3S.C14H12O4S.C14H12O2S/c2*21-14(16-15-17-19-20-18-15)13(11-7-3-1-4-8-11)24(22,23)12-9-5-2-6-10-12;15-14(16)13(11-7-3-1-4-8-11)19(17,18)12-9-5-2-6-10-12;15-14(16)13(11-7-3-1-4-8-11)17-12-9-5-2-6-10-12/h2*1-10,13H,(H2,16,17,18,19,20,21);1-10,13H,(H,15,16);1-10,13H,(H,15,16). The van der Waals surface area contributed by atoms with E-state index in [1.165, 1.54) is 60.3 Å². The van der Waals surface area contributed by atoms with Gasteiger partial charge in [-0.2, -0.15) is 10.4 Å². The first kappa shape index (κ1) is 61.6. The number of aromatic amines is 2. The summed E-state index contributed by atoms with van der Waals surface area (Å²) in [4.78, 5) is 48.9. The van der Waals surface area contributed by atoms with E-state index >= 15 is 0 Å². The van der Waals surface area contributed by atoms with Gasteiger partial charge in [-0.3, -0.25) is 29.8 Å². The Morgan fingerprint density at radius 1 is 0.369 bits per heavy atom. The van der Waals surface area contributed by atoms with Gasteiger partial charge in [0.15, 0.2) is 45.3 Å². The van der Waals surface area contributed by atoms with Gasteiger partial charge in [0.1, 0.15) is 5.25 Å². The Hall–Kier alpha value is -10.0. The molecule has 26 heteroatoms. The van der Waals surface area contributed by atoms with Crippen LogP contribution >= 0.6 is 11.8 Å². The van der Waals surface area contributed by atoms with Gasteiger partial charge in [-0.15, -0.1) is 22.0 Å². The number of benzene rings is 8. The van der Waals surface area contributed by atoms with Gasteiger partial charge >= 0.3 is 11.9 Å². The van der Waals surface area contributed by atoms with Gasteiger partial charge in [-0.25, -0.2) is 25.3 Å². The zero-order chi connectivity index (χ0) is 60.0. The van der Waals surface area contributed by atoms with E-state index in [1.807, 2.05) is 60.7 Å². The number of hydrogen-bond donors (Lipinski definition) is 6. The molecule has 0 saturated carbocycles. The van der Waals surface area contributed by atoms with E-state index in [-0.39, 0.29) is 32.1 Å². The molecule has 84 heavy (non-hydrogen) atoms. The number of carboxylic acids is 2. The molecule has 22 nitrogen and oxygen atoms in total. The zero-order valence-corrected chi connectivity index (χ0v) is 47.0. The van der Waals surface area contributed by atoms with E-state index in [9.17, 15) is 54.6 Å². The maximum absolute atomic E-state index is 13.0. The van der Waals surface area contributed by atoms with Crippen molar-refractivity contribution in [3.05, 3.63) is 265 Å². The maximum Gasteiger partial charge on any atom is 0.326 e. The number of carbonyl (C=O) groups is 4. The predicted octanol–water partition coefficient (Wildman–Crippen LogP) is 8.60. The van der Waals surface area contributed by atoms with Crippen molar-refractivity contribution in [1.29, 1.82) is 0 Å². The van der Waals surface area contributed by atoms with Gasteiger partial charge in [0, 0.05) is 4.90 Å². The lowest BCUT2D eigenvalue weighted by molar-refractivity contribution is -0.137. The topological polar surface area (TPSA) is 344 Å². The number of anilines is 2. The third-order valence-corrected chi connectivity index (χ3v) is 19.0. The van der Waals surface area contributed by atoms with Crippen molar-refractivity contribution in [3.63, 3.8) is 0 Å². The molecule has 428 valence electrons. The number of aromatic nitrogens is 8. The number of tetrazole rings is 2. The van der Waals surface area contributed by atoms with Gasteiger partial charge in [0.05, 0.1) is 14.7 Å². The minimum Gasteiger partial charge on any atom is -0.480 e. The molecule has 0 radical (unpaired) electrons. The summed E-state index contributed by atoms with van der Waals surface area (Å²) in [5, 5.41) is 43.7. The molecule has 0 aliphatic rings. The third-order valence-electron chi connectivity index (χ3n) is 11.6. The van der Waals surface area contributed by atoms with E-state index < -0.39 is 74.3 Å². The SMILES string of the molecule is O=C(Nc1nn[nH]n1)C(c1ccccc1)S(=O)(=O)c1ccccc1.O=C(Nc1nn[nH]n1)C(c1ccccc1)S(=O)(=O)c1ccccc1.O=C(O)C(Sc1ccccc1)c1ccccc1.O=C(O)C(c1ccccc1)S(=O)(=O)c1ccccc1. The average Bonchev–Trinajstić information content (AvgIpc) is 3.63. The molecule has 4 atom stereocenters. The maximum atomic E-state index is 13.0. The van der Waals surface area contributed by atoms with E-state index in [0.717, 1.165) is 10.5 Å². The fourth-order valence-electron chi connectivity index (χ4n) is 7.82. The quantitative estimate of drug-likeness (QED) is 0.0438. The molecule has 6 N–H and O–H groups in total. The monoisotopic (exact) mass is 1210 g/mol. The average molecular weight is 1210 g/mol. The Morgan fingerprint density at radius 2 is 0.643 bits per heavy atom. The number of nitrogens with one attached hydrogen (secondary N) is 4. The summed E-state index contributed by atoms with van der Waals surface area (Å²) in [6.07, 6.45) is 0. The molecule has 0 spiro atoms. The molecule has 2 amide bonds. The molecule has 2 heterocycles. The largest absolute Gasteiger partial charge is 0.480 e. The molecule has 10 aromatic rings. The van der Waals surface area contributed by atoms with Gasteiger partial charge < -0.3 is 10.2 Å². The number of hydrogen-bond acceptors (Lipinski definition) is 17. The molecule has 0 saturated heterocycles. The Balaban J connectivity index is 0.000000162.